The van der Waals surface area contributed by atoms with Gasteiger partial charge in [0.2, 0.25) is 12.0 Å². The molecule has 3 aromatic heterocycles. The Labute approximate surface area is 289 Å². The van der Waals surface area contributed by atoms with Crippen molar-refractivity contribution in [2.24, 2.45) is 5.41 Å². The van der Waals surface area contributed by atoms with Gasteiger partial charge in [0.25, 0.3) is 5.92 Å². The molecule has 1 saturated carbocycles. The Morgan fingerprint density at radius 3 is 2.42 bits per heavy atom. The summed E-state index contributed by atoms with van der Waals surface area (Å²) in [6.07, 6.45) is -11.6. The number of aryl methyl sites for hydroxylation is 1. The van der Waals surface area contributed by atoms with Crippen LogP contribution in [0.25, 0.3) is 22.2 Å². The third-order valence-corrected chi connectivity index (χ3v) is 11.3. The number of anilines is 2. The first-order valence-electron chi connectivity index (χ1n) is 16.7. The lowest BCUT2D eigenvalue weighted by molar-refractivity contribution is -0.201. The van der Waals surface area contributed by atoms with Crippen LogP contribution < -0.4 is 25.4 Å². The highest BCUT2D eigenvalue weighted by Gasteiger charge is 2.77. The number of aromatic nitrogens is 4. The average Bonchev–Trinajstić information content (AvgIpc) is 3.26. The molecule has 4 aliphatic heterocycles. The Kier molecular flexibility index (Phi) is 7.62. The molecule has 282 valence electrons. The van der Waals surface area contributed by atoms with Crippen molar-refractivity contribution in [3.05, 3.63) is 22.9 Å². The van der Waals surface area contributed by atoms with Gasteiger partial charge in [-0.1, -0.05) is 6.92 Å². The summed E-state index contributed by atoms with van der Waals surface area (Å²) in [6.45, 7) is 2.68. The second-order valence-electron chi connectivity index (χ2n) is 14.5. The second-order valence-corrected chi connectivity index (χ2v) is 14.5. The van der Waals surface area contributed by atoms with Crippen molar-refractivity contribution in [3.8, 4) is 23.1 Å². The predicted molar refractivity (Wildman–Crippen MR) is 164 cm³/mol. The molecule has 0 amide bonds. The minimum atomic E-state index is -5.34. The number of alkyl halides is 8. The lowest BCUT2D eigenvalue weighted by atomic mass is 9.89. The Balaban J connectivity index is 1.33. The fourth-order valence-electron chi connectivity index (χ4n) is 8.66. The number of fused-ring (bicyclic) bond motifs is 3. The van der Waals surface area contributed by atoms with E-state index in [-0.39, 0.29) is 50.9 Å². The molecule has 8 rings (SSSR count). The average molecular weight is 751 g/mol. The summed E-state index contributed by atoms with van der Waals surface area (Å²) in [4.78, 5) is 18.9. The molecular weight excluding hydrogens is 718 g/mol. The van der Waals surface area contributed by atoms with Gasteiger partial charge in [-0.05, 0) is 39.2 Å². The second kappa shape index (κ2) is 11.3. The lowest BCUT2D eigenvalue weighted by Crippen LogP contribution is -2.64. The summed E-state index contributed by atoms with van der Waals surface area (Å²) < 4.78 is 160. The topological polar surface area (TPSA) is 115 Å². The van der Waals surface area contributed by atoms with Crippen molar-refractivity contribution in [1.29, 1.82) is 0 Å². The van der Waals surface area contributed by atoms with E-state index in [1.54, 1.807) is 6.92 Å². The number of nitrogens with zero attached hydrogens (tertiary/aromatic N) is 6. The molecule has 0 bridgehead atoms. The van der Waals surface area contributed by atoms with Gasteiger partial charge in [-0.2, -0.15) is 36.3 Å². The van der Waals surface area contributed by atoms with Gasteiger partial charge >= 0.3 is 18.4 Å². The summed E-state index contributed by atoms with van der Waals surface area (Å²) >= 11 is 0. The third-order valence-electron chi connectivity index (χ3n) is 11.3. The number of nitrogen functional groups attached to an aromatic ring is 1. The molecule has 1 aliphatic carbocycles. The fraction of sp³-hybridized carbons (Fsp3) is 0.625. The van der Waals surface area contributed by atoms with Crippen LogP contribution in [0.5, 0.6) is 11.9 Å². The number of nitrogens with two attached hydrogens (primary N) is 1. The zero-order chi connectivity index (χ0) is 37.3. The molecule has 7 heterocycles. The van der Waals surface area contributed by atoms with Crippen molar-refractivity contribution >= 4 is 22.5 Å². The van der Waals surface area contributed by atoms with Crippen LogP contribution in [0.4, 0.5) is 55.5 Å². The minimum absolute atomic E-state index is 0.0896. The molecule has 0 aromatic carbocycles. The highest BCUT2D eigenvalue weighted by Crippen LogP contribution is 2.69. The largest absolute Gasteiger partial charge is 0.462 e. The molecule has 5 atom stereocenters. The van der Waals surface area contributed by atoms with Gasteiger partial charge < -0.3 is 25.4 Å². The zero-order valence-electron chi connectivity index (χ0n) is 27.7. The maximum atomic E-state index is 16.8. The van der Waals surface area contributed by atoms with Gasteiger partial charge in [0, 0.05) is 32.1 Å². The van der Waals surface area contributed by atoms with Crippen molar-refractivity contribution in [1.82, 2.24) is 30.2 Å². The number of pyridine rings is 2. The summed E-state index contributed by atoms with van der Waals surface area (Å²) in [5.41, 5.74) is -2.85. The smallest absolute Gasteiger partial charge is 0.427 e. The highest BCUT2D eigenvalue weighted by atomic mass is 19.4. The van der Waals surface area contributed by atoms with Gasteiger partial charge in [0.15, 0.2) is 17.5 Å². The van der Waals surface area contributed by atoms with Crippen molar-refractivity contribution in [3.63, 3.8) is 0 Å². The van der Waals surface area contributed by atoms with Crippen molar-refractivity contribution in [2.75, 3.05) is 43.4 Å². The summed E-state index contributed by atoms with van der Waals surface area (Å²) in [7, 11) is 0. The Hall–Kier alpha value is -3.94. The van der Waals surface area contributed by atoms with Crippen LogP contribution in [0.3, 0.4) is 0 Å². The van der Waals surface area contributed by atoms with Crippen LogP contribution in [0.2, 0.25) is 0 Å². The monoisotopic (exact) mass is 750 g/mol. The first-order valence-corrected chi connectivity index (χ1v) is 16.7. The Morgan fingerprint density at radius 2 is 1.77 bits per heavy atom. The van der Waals surface area contributed by atoms with Gasteiger partial charge in [0.1, 0.15) is 29.0 Å². The van der Waals surface area contributed by atoms with Gasteiger partial charge in [-0.15, -0.1) is 0 Å². The highest BCUT2D eigenvalue weighted by molar-refractivity contribution is 5.97. The molecule has 3 aromatic rings. The molecule has 3 N–H and O–H groups in total. The maximum absolute atomic E-state index is 16.8. The normalized spacial score (nSPS) is 29.6. The molecule has 1 spiro atoms. The maximum Gasteiger partial charge on any atom is 0.427 e. The standard InChI is InChI=1S/C32H32F10N8O2/c1-3-14-8-50-15(7-44-14)23(32(40,41)42)52-26-17-22(20(34)21(46-26)16-18(31(37,38)39)13(2)45-24(43)19(16)33)47-27(48-25(17)50)51-12-29-5-4-6-49(29)11-28(9-29)10-30(28,35)36/h14-15,23,44H,3-12H2,1-2H3,(H2,43,45)/t14-,15+,23?,28?,29+/m1/s1. The molecule has 20 heteroatoms. The number of nitrogens with one attached hydrogen (secondary N) is 1. The molecule has 0 radical (unpaired) electrons. The van der Waals surface area contributed by atoms with Gasteiger partial charge in [-0.3, -0.25) is 4.90 Å². The third kappa shape index (κ3) is 5.20. The molecule has 4 fully saturated rings. The number of rotatable bonds is 5. The first-order chi connectivity index (χ1) is 24.3. The van der Waals surface area contributed by atoms with E-state index in [2.05, 4.69) is 25.3 Å². The van der Waals surface area contributed by atoms with E-state index < -0.39 is 104 Å². The number of ether oxygens (including phenoxy) is 2. The molecule has 52 heavy (non-hydrogen) atoms. The minimum Gasteiger partial charge on any atom is -0.462 e. The van der Waals surface area contributed by atoms with E-state index in [0.717, 1.165) is 6.92 Å². The van der Waals surface area contributed by atoms with E-state index in [1.807, 2.05) is 4.90 Å². The molecule has 3 saturated heterocycles. The number of hydrogen-bond donors (Lipinski definition) is 2. The molecule has 10 nitrogen and oxygen atoms in total. The van der Waals surface area contributed by atoms with Crippen molar-refractivity contribution in [2.45, 2.75) is 88.0 Å². The van der Waals surface area contributed by atoms with Crippen molar-refractivity contribution < 1.29 is 53.4 Å². The Bertz CT molecular complexity index is 1980. The SMILES string of the molecule is CC[C@@H]1CN2c3nc(OC[C@@]45CCCN4CC4(CC4(F)F)C5)nc4c(F)c(-c5c(F)c(N)nc(C)c5C(F)(F)F)nc(c34)OC(C(F)(F)F)[C@@H]2CN1. The quantitative estimate of drug-likeness (QED) is 0.311. The summed E-state index contributed by atoms with van der Waals surface area (Å²) in [5, 5.41) is 2.51. The predicted octanol–water partition coefficient (Wildman–Crippen LogP) is 5.80. The van der Waals surface area contributed by atoms with Crippen LogP contribution in [0.15, 0.2) is 0 Å². The Morgan fingerprint density at radius 1 is 1.04 bits per heavy atom. The van der Waals surface area contributed by atoms with E-state index in [0.29, 0.717) is 25.8 Å². The summed E-state index contributed by atoms with van der Waals surface area (Å²) in [5.74, 6) is -8.65. The van der Waals surface area contributed by atoms with E-state index >= 15 is 8.78 Å². The fourth-order valence-corrected chi connectivity index (χ4v) is 8.66. The van der Waals surface area contributed by atoms with E-state index in [1.165, 1.54) is 4.90 Å². The van der Waals surface area contributed by atoms with Gasteiger partial charge in [-0.25, -0.2) is 27.5 Å². The summed E-state index contributed by atoms with van der Waals surface area (Å²) in [6, 6.07) is -2.48. The van der Waals surface area contributed by atoms with Crippen LogP contribution in [-0.2, 0) is 6.18 Å². The first kappa shape index (κ1) is 35.1. The molecule has 5 aliphatic rings. The van der Waals surface area contributed by atoms with Gasteiger partial charge in [0.05, 0.1) is 33.8 Å². The van der Waals surface area contributed by atoms with Crippen LogP contribution in [-0.4, -0.2) is 93.4 Å². The number of hydrogen-bond acceptors (Lipinski definition) is 10. The van der Waals surface area contributed by atoms with E-state index in [4.69, 9.17) is 15.2 Å². The lowest BCUT2D eigenvalue weighted by Gasteiger charge is -2.42. The zero-order valence-corrected chi connectivity index (χ0v) is 27.7. The molecule has 2 unspecified atom stereocenters. The molecular formula is C32H32F10N8O2. The van der Waals surface area contributed by atoms with E-state index in [9.17, 15) is 35.1 Å². The van der Waals surface area contributed by atoms with Crippen LogP contribution in [0.1, 0.15) is 50.3 Å². The number of piperazine rings is 1. The van der Waals surface area contributed by atoms with Crippen LogP contribution in [0, 0.1) is 24.0 Å². The number of halogens is 10. The van der Waals surface area contributed by atoms with Crippen LogP contribution >= 0.6 is 0 Å².